The number of hydrogen-bond acceptors (Lipinski definition) is 2. The van der Waals surface area contributed by atoms with Gasteiger partial charge in [0, 0.05) is 12.5 Å². The summed E-state index contributed by atoms with van der Waals surface area (Å²) >= 11 is 0. The molecule has 0 bridgehead atoms. The van der Waals surface area contributed by atoms with E-state index in [4.69, 9.17) is 4.74 Å². The number of imidazole rings is 1. The quantitative estimate of drug-likeness (QED) is 0.711. The van der Waals surface area contributed by atoms with Gasteiger partial charge >= 0.3 is 0 Å². The Morgan fingerprint density at radius 1 is 1.11 bits per heavy atom. The van der Waals surface area contributed by atoms with Gasteiger partial charge in [0.25, 0.3) is 0 Å². The Hall–Kier alpha value is -1.51. The summed E-state index contributed by atoms with van der Waals surface area (Å²) in [5, 5.41) is 0. The predicted octanol–water partition coefficient (Wildman–Crippen LogP) is 4.47. The van der Waals surface area contributed by atoms with Gasteiger partial charge in [-0.1, -0.05) is 39.0 Å². The normalized spacial score (nSPS) is 11.1. The molecule has 0 saturated heterocycles. The molecule has 1 N–H and O–H groups in total. The first kappa shape index (κ1) is 13.9. The topological polar surface area (TPSA) is 37.9 Å². The van der Waals surface area contributed by atoms with E-state index in [0.717, 1.165) is 29.0 Å². The van der Waals surface area contributed by atoms with E-state index in [1.54, 1.807) is 7.11 Å². The summed E-state index contributed by atoms with van der Waals surface area (Å²) in [5.41, 5.74) is 2.10. The number of aryl methyl sites for hydroxylation is 1. The van der Waals surface area contributed by atoms with Crippen LogP contribution in [0.1, 0.15) is 51.3 Å². The van der Waals surface area contributed by atoms with Crippen molar-refractivity contribution in [2.45, 2.75) is 51.9 Å². The second-order valence-corrected chi connectivity index (χ2v) is 5.08. The number of rotatable bonds is 8. The molecule has 0 spiro atoms. The zero-order chi connectivity index (χ0) is 13.5. The number of hydrogen-bond donors (Lipinski definition) is 1. The first-order valence-electron chi connectivity index (χ1n) is 7.36. The fourth-order valence-electron chi connectivity index (χ4n) is 2.36. The van der Waals surface area contributed by atoms with Crippen LogP contribution < -0.4 is 4.74 Å². The molecule has 2 aromatic rings. The van der Waals surface area contributed by atoms with E-state index >= 15 is 0 Å². The first-order chi connectivity index (χ1) is 9.33. The number of methoxy groups -OCH3 is 1. The number of nitrogens with zero attached hydrogens (tertiary/aromatic N) is 1. The Morgan fingerprint density at radius 2 is 1.89 bits per heavy atom. The molecule has 3 heteroatoms. The van der Waals surface area contributed by atoms with Gasteiger partial charge in [0.15, 0.2) is 0 Å². The van der Waals surface area contributed by atoms with Gasteiger partial charge in [-0.3, -0.25) is 0 Å². The van der Waals surface area contributed by atoms with Gasteiger partial charge < -0.3 is 9.72 Å². The Bertz CT molecular complexity index is 504. The number of nitrogens with one attached hydrogen (secondary N) is 1. The molecule has 104 valence electrons. The molecular formula is C16H24N2O. The number of H-pyrrole nitrogens is 1. The number of ether oxygens (including phenoxy) is 1. The molecule has 0 radical (unpaired) electrons. The molecule has 0 fully saturated rings. The lowest BCUT2D eigenvalue weighted by atomic mass is 10.1. The maximum Gasteiger partial charge on any atom is 0.121 e. The molecule has 19 heavy (non-hydrogen) atoms. The van der Waals surface area contributed by atoms with Crippen LogP contribution >= 0.6 is 0 Å². The molecule has 0 amide bonds. The maximum atomic E-state index is 5.22. The molecule has 0 unspecified atom stereocenters. The van der Waals surface area contributed by atoms with E-state index in [1.165, 1.54) is 38.5 Å². The van der Waals surface area contributed by atoms with E-state index in [-0.39, 0.29) is 0 Å². The Kier molecular flexibility index (Phi) is 5.25. The summed E-state index contributed by atoms with van der Waals surface area (Å²) in [6.07, 6.45) is 8.97. The summed E-state index contributed by atoms with van der Waals surface area (Å²) < 4.78 is 5.22. The molecule has 1 heterocycles. The van der Waals surface area contributed by atoms with Crippen LogP contribution in [0.2, 0.25) is 0 Å². The number of benzene rings is 1. The third-order valence-electron chi connectivity index (χ3n) is 3.51. The number of aromatic amines is 1. The molecule has 3 nitrogen and oxygen atoms in total. The van der Waals surface area contributed by atoms with Gasteiger partial charge in [0.2, 0.25) is 0 Å². The van der Waals surface area contributed by atoms with E-state index in [9.17, 15) is 0 Å². The monoisotopic (exact) mass is 260 g/mol. The molecular weight excluding hydrogens is 236 g/mol. The molecule has 0 aliphatic rings. The van der Waals surface area contributed by atoms with Crippen molar-refractivity contribution in [1.29, 1.82) is 0 Å². The van der Waals surface area contributed by atoms with Gasteiger partial charge in [0.1, 0.15) is 11.6 Å². The van der Waals surface area contributed by atoms with Gasteiger partial charge in [-0.2, -0.15) is 0 Å². The highest BCUT2D eigenvalue weighted by molar-refractivity contribution is 5.76. The minimum atomic E-state index is 0.877. The third kappa shape index (κ3) is 3.98. The fourth-order valence-corrected chi connectivity index (χ4v) is 2.36. The SMILES string of the molecule is CCCCCCCCc1nc2ccc(OC)cc2[nH]1. The Labute approximate surface area is 115 Å². The summed E-state index contributed by atoms with van der Waals surface area (Å²) in [7, 11) is 1.69. The average molecular weight is 260 g/mol. The lowest BCUT2D eigenvalue weighted by Gasteiger charge is -1.98. The van der Waals surface area contributed by atoms with E-state index in [0.29, 0.717) is 0 Å². The minimum Gasteiger partial charge on any atom is -0.497 e. The first-order valence-corrected chi connectivity index (χ1v) is 7.36. The van der Waals surface area contributed by atoms with Crippen LogP contribution in [0.25, 0.3) is 11.0 Å². The third-order valence-corrected chi connectivity index (χ3v) is 3.51. The molecule has 1 aromatic carbocycles. The van der Waals surface area contributed by atoms with Crippen molar-refractivity contribution in [3.8, 4) is 5.75 Å². The van der Waals surface area contributed by atoms with Crippen molar-refractivity contribution in [2.24, 2.45) is 0 Å². The zero-order valence-corrected chi connectivity index (χ0v) is 12.0. The van der Waals surface area contributed by atoms with Crippen molar-refractivity contribution in [1.82, 2.24) is 9.97 Å². The zero-order valence-electron chi connectivity index (χ0n) is 12.0. The Morgan fingerprint density at radius 3 is 2.68 bits per heavy atom. The van der Waals surface area contributed by atoms with E-state index < -0.39 is 0 Å². The lowest BCUT2D eigenvalue weighted by Crippen LogP contribution is -1.88. The van der Waals surface area contributed by atoms with Crippen LogP contribution in [0.15, 0.2) is 18.2 Å². The highest BCUT2D eigenvalue weighted by Gasteiger charge is 2.03. The largest absolute Gasteiger partial charge is 0.497 e. The number of aromatic nitrogens is 2. The van der Waals surface area contributed by atoms with Gasteiger partial charge in [-0.15, -0.1) is 0 Å². The molecule has 0 aliphatic carbocycles. The summed E-state index contributed by atoms with van der Waals surface area (Å²) in [6, 6.07) is 5.97. The molecule has 1 aromatic heterocycles. The minimum absolute atomic E-state index is 0.877. The fraction of sp³-hybridized carbons (Fsp3) is 0.562. The average Bonchev–Trinajstić information content (AvgIpc) is 2.84. The number of unbranched alkanes of at least 4 members (excludes halogenated alkanes) is 5. The number of fused-ring (bicyclic) bond motifs is 1. The van der Waals surface area contributed by atoms with Crippen LogP contribution in [-0.4, -0.2) is 17.1 Å². The van der Waals surface area contributed by atoms with E-state index in [1.807, 2.05) is 18.2 Å². The van der Waals surface area contributed by atoms with Crippen LogP contribution in [0, 0.1) is 0 Å². The van der Waals surface area contributed by atoms with Crippen molar-refractivity contribution in [3.05, 3.63) is 24.0 Å². The summed E-state index contributed by atoms with van der Waals surface area (Å²) in [5.74, 6) is 1.97. The standard InChI is InChI=1S/C16H24N2O/c1-3-4-5-6-7-8-9-16-17-14-11-10-13(19-2)12-15(14)18-16/h10-12H,3-9H2,1-2H3,(H,17,18). The molecule has 0 saturated carbocycles. The molecule has 2 rings (SSSR count). The smallest absolute Gasteiger partial charge is 0.121 e. The molecule has 0 aliphatic heterocycles. The van der Waals surface area contributed by atoms with Gasteiger partial charge in [-0.25, -0.2) is 4.98 Å². The van der Waals surface area contributed by atoms with E-state index in [2.05, 4.69) is 16.9 Å². The van der Waals surface area contributed by atoms with Crippen molar-refractivity contribution in [2.75, 3.05) is 7.11 Å². The van der Waals surface area contributed by atoms with Crippen molar-refractivity contribution >= 4 is 11.0 Å². The maximum absolute atomic E-state index is 5.22. The predicted molar refractivity (Wildman–Crippen MR) is 79.7 cm³/mol. The van der Waals surface area contributed by atoms with Crippen LogP contribution in [-0.2, 0) is 6.42 Å². The Balaban J connectivity index is 1.84. The van der Waals surface area contributed by atoms with Crippen LogP contribution in [0.3, 0.4) is 0 Å². The lowest BCUT2D eigenvalue weighted by molar-refractivity contribution is 0.415. The highest BCUT2D eigenvalue weighted by atomic mass is 16.5. The van der Waals surface area contributed by atoms with Gasteiger partial charge in [0.05, 0.1) is 18.1 Å². The summed E-state index contributed by atoms with van der Waals surface area (Å²) in [4.78, 5) is 7.99. The highest BCUT2D eigenvalue weighted by Crippen LogP contribution is 2.19. The summed E-state index contributed by atoms with van der Waals surface area (Å²) in [6.45, 7) is 2.25. The van der Waals surface area contributed by atoms with Crippen molar-refractivity contribution < 1.29 is 4.74 Å². The molecule has 0 atom stereocenters. The second-order valence-electron chi connectivity index (χ2n) is 5.08. The van der Waals surface area contributed by atoms with Crippen molar-refractivity contribution in [3.63, 3.8) is 0 Å². The van der Waals surface area contributed by atoms with Crippen LogP contribution in [0.4, 0.5) is 0 Å². The van der Waals surface area contributed by atoms with Gasteiger partial charge in [-0.05, 0) is 18.6 Å². The van der Waals surface area contributed by atoms with Crippen LogP contribution in [0.5, 0.6) is 5.75 Å². The second kappa shape index (κ2) is 7.17.